The van der Waals surface area contributed by atoms with Crippen LogP contribution in [0.1, 0.15) is 23.1 Å². The Bertz CT molecular complexity index is 924. The molecule has 0 bridgehead atoms. The second kappa shape index (κ2) is 10.3. The van der Waals surface area contributed by atoms with Gasteiger partial charge in [-0.1, -0.05) is 18.2 Å². The molecule has 2 aromatic rings. The van der Waals surface area contributed by atoms with Crippen LogP contribution in [0.5, 0.6) is 11.5 Å². The number of carbonyl (C=O) groups excluding carboxylic acids is 1. The maximum Gasteiger partial charge on any atom is 0.430 e. The number of hydrogen-bond acceptors (Lipinski definition) is 5. The third-order valence-electron chi connectivity index (χ3n) is 4.73. The molecule has 5 nitrogen and oxygen atoms in total. The monoisotopic (exact) mass is 480 g/mol. The van der Waals surface area contributed by atoms with E-state index in [4.69, 9.17) is 9.47 Å². The fourth-order valence-corrected chi connectivity index (χ4v) is 2.90. The van der Waals surface area contributed by atoms with Gasteiger partial charge in [-0.3, -0.25) is 4.79 Å². The Balaban J connectivity index is 1.91. The summed E-state index contributed by atoms with van der Waals surface area (Å²) in [4.78, 5) is 11.2. The van der Waals surface area contributed by atoms with Gasteiger partial charge in [0.15, 0.2) is 0 Å². The van der Waals surface area contributed by atoms with Crippen LogP contribution in [0.4, 0.5) is 26.3 Å². The molecular weight excluding hydrogens is 458 g/mol. The zero-order valence-corrected chi connectivity index (χ0v) is 17.7. The van der Waals surface area contributed by atoms with Gasteiger partial charge in [-0.2, -0.15) is 26.3 Å². The lowest BCUT2D eigenvalue weighted by molar-refractivity contribution is -0.376. The van der Waals surface area contributed by atoms with Crippen LogP contribution in [0.2, 0.25) is 0 Å². The Hall–Kier alpha value is -2.95. The van der Waals surface area contributed by atoms with Crippen molar-refractivity contribution in [2.24, 2.45) is 0 Å². The lowest BCUT2D eigenvalue weighted by Crippen LogP contribution is -2.53. The van der Waals surface area contributed by atoms with Crippen molar-refractivity contribution in [2.45, 2.75) is 37.7 Å². The van der Waals surface area contributed by atoms with Crippen molar-refractivity contribution in [1.82, 2.24) is 0 Å². The number of rotatable bonds is 9. The summed E-state index contributed by atoms with van der Waals surface area (Å²) < 4.78 is 93.5. The summed E-state index contributed by atoms with van der Waals surface area (Å²) >= 11 is 0. The van der Waals surface area contributed by atoms with Gasteiger partial charge in [0.25, 0.3) is 5.60 Å². The van der Waals surface area contributed by atoms with Crippen LogP contribution in [0.25, 0.3) is 0 Å². The Morgan fingerprint density at radius 1 is 0.909 bits per heavy atom. The molecule has 0 spiro atoms. The Morgan fingerprint density at radius 3 is 2.00 bits per heavy atom. The molecule has 0 aliphatic heterocycles. The summed E-state index contributed by atoms with van der Waals surface area (Å²) in [6.45, 7) is 1.59. The number of esters is 1. The van der Waals surface area contributed by atoms with Crippen molar-refractivity contribution < 1.29 is 50.5 Å². The van der Waals surface area contributed by atoms with E-state index < -0.39 is 23.5 Å². The zero-order chi connectivity index (χ0) is 24.9. The van der Waals surface area contributed by atoms with E-state index in [2.05, 4.69) is 4.74 Å². The lowest BCUT2D eigenvalue weighted by Gasteiger charge is -2.33. The summed E-state index contributed by atoms with van der Waals surface area (Å²) in [5, 5.41) is 9.47. The molecule has 33 heavy (non-hydrogen) atoms. The summed E-state index contributed by atoms with van der Waals surface area (Å²) in [5.41, 5.74) is -5.57. The molecule has 0 aliphatic rings. The molecule has 0 saturated heterocycles. The number of carbonyl (C=O) groups is 1. The van der Waals surface area contributed by atoms with E-state index in [1.165, 1.54) is 14.0 Å². The predicted molar refractivity (Wildman–Crippen MR) is 105 cm³/mol. The quantitative estimate of drug-likeness (QED) is 0.315. The standard InChI is InChI=1S/C22H22F6O5/c1-14-12-16(20(30,21(23,24)25)22(26,27)28)6-9-18(14)33-11-3-10-32-17-7-4-15(5-8-17)13-19(29)31-2/h4-9,12,30H,3,10-11,13H2,1-2H3. The molecular formula is C22H22F6O5. The minimum absolute atomic E-state index is 0.00142. The highest BCUT2D eigenvalue weighted by molar-refractivity contribution is 5.72. The van der Waals surface area contributed by atoms with Gasteiger partial charge in [0.1, 0.15) is 11.5 Å². The number of aliphatic hydroxyl groups is 1. The number of methoxy groups -OCH3 is 1. The Morgan fingerprint density at radius 2 is 1.48 bits per heavy atom. The van der Waals surface area contributed by atoms with Crippen molar-refractivity contribution in [2.75, 3.05) is 20.3 Å². The maximum absolute atomic E-state index is 13.0. The first-order valence-corrected chi connectivity index (χ1v) is 9.68. The zero-order valence-electron chi connectivity index (χ0n) is 17.7. The SMILES string of the molecule is COC(=O)Cc1ccc(OCCCOc2ccc(C(O)(C(F)(F)F)C(F)(F)F)cc2C)cc1. The number of halogens is 6. The van der Waals surface area contributed by atoms with Crippen LogP contribution in [0, 0.1) is 6.92 Å². The molecule has 0 atom stereocenters. The van der Waals surface area contributed by atoms with Crippen LogP contribution in [-0.4, -0.2) is 43.8 Å². The molecule has 2 rings (SSSR count). The highest BCUT2D eigenvalue weighted by Crippen LogP contribution is 2.50. The van der Waals surface area contributed by atoms with Gasteiger partial charge < -0.3 is 19.3 Å². The van der Waals surface area contributed by atoms with Crippen LogP contribution < -0.4 is 9.47 Å². The van der Waals surface area contributed by atoms with E-state index in [0.717, 1.165) is 11.6 Å². The van der Waals surface area contributed by atoms with Crippen molar-refractivity contribution in [1.29, 1.82) is 0 Å². The fourth-order valence-electron chi connectivity index (χ4n) is 2.90. The molecule has 0 aromatic heterocycles. The van der Waals surface area contributed by atoms with E-state index in [9.17, 15) is 36.2 Å². The average molecular weight is 480 g/mol. The summed E-state index contributed by atoms with van der Waals surface area (Å²) in [6.07, 6.45) is -11.4. The lowest BCUT2D eigenvalue weighted by atomic mass is 9.91. The van der Waals surface area contributed by atoms with E-state index in [1.54, 1.807) is 24.3 Å². The van der Waals surface area contributed by atoms with Gasteiger partial charge in [0.05, 0.1) is 26.7 Å². The molecule has 2 aromatic carbocycles. The highest BCUT2D eigenvalue weighted by atomic mass is 19.4. The van der Waals surface area contributed by atoms with Crippen molar-refractivity contribution >= 4 is 5.97 Å². The average Bonchev–Trinajstić information content (AvgIpc) is 2.73. The first-order chi connectivity index (χ1) is 15.3. The number of benzene rings is 2. The van der Waals surface area contributed by atoms with Gasteiger partial charge >= 0.3 is 18.3 Å². The minimum Gasteiger partial charge on any atom is -0.493 e. The molecule has 11 heteroatoms. The summed E-state index contributed by atoms with van der Waals surface area (Å²) in [5.74, 6) is 0.256. The van der Waals surface area contributed by atoms with Crippen LogP contribution in [0.3, 0.4) is 0 Å². The molecule has 0 aliphatic carbocycles. The van der Waals surface area contributed by atoms with Gasteiger partial charge in [-0.25, -0.2) is 0 Å². The maximum atomic E-state index is 13.0. The molecule has 1 N–H and O–H groups in total. The third kappa shape index (κ3) is 6.31. The van der Waals surface area contributed by atoms with Gasteiger partial charge in [-0.15, -0.1) is 0 Å². The van der Waals surface area contributed by atoms with Crippen LogP contribution in [0.15, 0.2) is 42.5 Å². The van der Waals surface area contributed by atoms with E-state index in [-0.39, 0.29) is 36.9 Å². The number of ether oxygens (including phenoxy) is 3. The topological polar surface area (TPSA) is 65.0 Å². The molecule has 0 unspecified atom stereocenters. The van der Waals surface area contributed by atoms with Gasteiger partial charge in [-0.05, 0) is 42.3 Å². The van der Waals surface area contributed by atoms with Gasteiger partial charge in [0.2, 0.25) is 0 Å². The molecule has 0 fully saturated rings. The number of hydrogen-bond donors (Lipinski definition) is 1. The largest absolute Gasteiger partial charge is 0.493 e. The van der Waals surface area contributed by atoms with E-state index in [0.29, 0.717) is 24.3 Å². The summed E-state index contributed by atoms with van der Waals surface area (Å²) in [7, 11) is 1.29. The third-order valence-corrected chi connectivity index (χ3v) is 4.73. The molecule has 0 saturated carbocycles. The van der Waals surface area contributed by atoms with Crippen molar-refractivity contribution in [3.63, 3.8) is 0 Å². The normalized spacial score (nSPS) is 12.4. The smallest absolute Gasteiger partial charge is 0.430 e. The number of alkyl halides is 6. The fraction of sp³-hybridized carbons (Fsp3) is 0.409. The molecule has 182 valence electrons. The molecule has 0 amide bonds. The van der Waals surface area contributed by atoms with Crippen molar-refractivity contribution in [3.05, 3.63) is 59.2 Å². The Labute approximate surface area is 185 Å². The second-order valence-electron chi connectivity index (χ2n) is 7.13. The second-order valence-corrected chi connectivity index (χ2v) is 7.13. The molecule has 0 radical (unpaired) electrons. The summed E-state index contributed by atoms with van der Waals surface area (Å²) in [6, 6.07) is 8.84. The first kappa shape index (κ1) is 26.3. The van der Waals surface area contributed by atoms with E-state index >= 15 is 0 Å². The van der Waals surface area contributed by atoms with Crippen molar-refractivity contribution in [3.8, 4) is 11.5 Å². The van der Waals surface area contributed by atoms with Crippen LogP contribution in [-0.2, 0) is 21.6 Å². The predicted octanol–water partition coefficient (Wildman–Crippen LogP) is 4.87. The first-order valence-electron chi connectivity index (χ1n) is 9.68. The van der Waals surface area contributed by atoms with E-state index in [1.807, 2.05) is 0 Å². The highest BCUT2D eigenvalue weighted by Gasteiger charge is 2.71. The van der Waals surface area contributed by atoms with Crippen LogP contribution >= 0.6 is 0 Å². The number of aryl methyl sites for hydroxylation is 1. The Kier molecular flexibility index (Phi) is 8.23. The van der Waals surface area contributed by atoms with Gasteiger partial charge in [0, 0.05) is 12.0 Å². The minimum atomic E-state index is -5.95. The molecule has 0 heterocycles.